The average Bonchev–Trinajstić information content (AvgIpc) is 2.63. The van der Waals surface area contributed by atoms with Crippen LogP contribution in [0, 0.1) is 5.82 Å². The molecule has 90 valence electrons. The molecule has 1 aromatic carbocycles. The van der Waals surface area contributed by atoms with Gasteiger partial charge in [-0.25, -0.2) is 4.39 Å². The molecule has 0 bridgehead atoms. The number of hydrogen-bond acceptors (Lipinski definition) is 2. The first-order valence-electron chi connectivity index (χ1n) is 4.55. The number of nitrogens with one attached hydrogen (secondary N) is 1. The van der Waals surface area contributed by atoms with Crippen LogP contribution in [-0.2, 0) is 6.18 Å². The third kappa shape index (κ3) is 2.08. The Bertz CT molecular complexity index is 545. The number of benzene rings is 1. The summed E-state index contributed by atoms with van der Waals surface area (Å²) in [5.41, 5.74) is 4.72. The highest BCUT2D eigenvalue weighted by atomic mass is 19.4. The van der Waals surface area contributed by atoms with Gasteiger partial charge in [0.05, 0.1) is 23.1 Å². The summed E-state index contributed by atoms with van der Waals surface area (Å²) in [5, 5.41) is 6.00. The van der Waals surface area contributed by atoms with Crippen LogP contribution in [0.4, 0.5) is 23.2 Å². The zero-order valence-electron chi connectivity index (χ0n) is 8.35. The minimum absolute atomic E-state index is 0.0481. The van der Waals surface area contributed by atoms with Crippen molar-refractivity contribution in [3.63, 3.8) is 0 Å². The normalized spacial score (nSPS) is 11.8. The van der Waals surface area contributed by atoms with Crippen LogP contribution in [0.1, 0.15) is 5.56 Å². The third-order valence-corrected chi connectivity index (χ3v) is 2.23. The quantitative estimate of drug-likeness (QED) is 0.759. The van der Waals surface area contributed by atoms with E-state index in [2.05, 4.69) is 10.2 Å². The molecule has 3 N–H and O–H groups in total. The highest BCUT2D eigenvalue weighted by Gasteiger charge is 2.31. The fourth-order valence-corrected chi connectivity index (χ4v) is 1.41. The first-order chi connectivity index (χ1) is 7.89. The molecule has 0 aliphatic rings. The number of halogens is 4. The van der Waals surface area contributed by atoms with Crippen LogP contribution in [-0.4, -0.2) is 10.2 Å². The molecule has 0 amide bonds. The standard InChI is InChI=1S/C10H7F4N3/c11-7-3-5(10(12,13)14)1-2-6(7)9-8(15)4-16-17-9/h1-4H,15H2,(H,16,17). The van der Waals surface area contributed by atoms with Crippen LogP contribution in [0.15, 0.2) is 24.4 Å². The van der Waals surface area contributed by atoms with E-state index in [1.807, 2.05) is 0 Å². The first-order valence-corrected chi connectivity index (χ1v) is 4.55. The fraction of sp³-hybridized carbons (Fsp3) is 0.100. The Labute approximate surface area is 93.3 Å². The van der Waals surface area contributed by atoms with E-state index in [1.165, 1.54) is 6.20 Å². The second kappa shape index (κ2) is 3.76. The van der Waals surface area contributed by atoms with Crippen molar-refractivity contribution in [3.05, 3.63) is 35.8 Å². The molecule has 0 radical (unpaired) electrons. The van der Waals surface area contributed by atoms with Gasteiger partial charge in [0.15, 0.2) is 0 Å². The zero-order chi connectivity index (χ0) is 12.6. The Hall–Kier alpha value is -2.05. The second-order valence-corrected chi connectivity index (χ2v) is 3.39. The Morgan fingerprint density at radius 2 is 1.94 bits per heavy atom. The first kappa shape index (κ1) is 11.4. The minimum atomic E-state index is -4.57. The smallest absolute Gasteiger partial charge is 0.396 e. The lowest BCUT2D eigenvalue weighted by atomic mass is 10.1. The van der Waals surface area contributed by atoms with Gasteiger partial charge in [-0.1, -0.05) is 0 Å². The average molecular weight is 245 g/mol. The van der Waals surface area contributed by atoms with Crippen LogP contribution in [0.3, 0.4) is 0 Å². The van der Waals surface area contributed by atoms with Gasteiger partial charge in [0.2, 0.25) is 0 Å². The highest BCUT2D eigenvalue weighted by Crippen LogP contribution is 2.33. The second-order valence-electron chi connectivity index (χ2n) is 3.39. The van der Waals surface area contributed by atoms with Crippen molar-refractivity contribution < 1.29 is 17.6 Å². The SMILES string of the molecule is Nc1cn[nH]c1-c1ccc(C(F)(F)F)cc1F. The number of nitrogens with two attached hydrogens (primary N) is 1. The van der Waals surface area contributed by atoms with Gasteiger partial charge in [-0.05, 0) is 18.2 Å². The molecule has 0 aliphatic heterocycles. The summed E-state index contributed by atoms with van der Waals surface area (Å²) >= 11 is 0. The molecular weight excluding hydrogens is 238 g/mol. The molecule has 0 fully saturated rings. The third-order valence-electron chi connectivity index (χ3n) is 2.23. The van der Waals surface area contributed by atoms with Gasteiger partial charge in [-0.15, -0.1) is 0 Å². The van der Waals surface area contributed by atoms with E-state index in [0.717, 1.165) is 12.1 Å². The van der Waals surface area contributed by atoms with Crippen LogP contribution < -0.4 is 5.73 Å². The maximum Gasteiger partial charge on any atom is 0.416 e. The molecule has 2 aromatic rings. The van der Waals surface area contributed by atoms with Crippen molar-refractivity contribution >= 4 is 5.69 Å². The molecule has 3 nitrogen and oxygen atoms in total. The largest absolute Gasteiger partial charge is 0.416 e. The van der Waals surface area contributed by atoms with E-state index >= 15 is 0 Å². The lowest BCUT2D eigenvalue weighted by Gasteiger charge is -2.08. The lowest BCUT2D eigenvalue weighted by Crippen LogP contribution is -2.05. The van der Waals surface area contributed by atoms with Crippen LogP contribution in [0.25, 0.3) is 11.3 Å². The molecule has 0 atom stereocenters. The molecule has 0 spiro atoms. The molecule has 1 heterocycles. The number of aromatic amines is 1. The Kier molecular flexibility index (Phi) is 2.53. The van der Waals surface area contributed by atoms with Crippen LogP contribution >= 0.6 is 0 Å². The molecular formula is C10H7F4N3. The number of anilines is 1. The summed E-state index contributed by atoms with van der Waals surface area (Å²) in [4.78, 5) is 0. The van der Waals surface area contributed by atoms with Gasteiger partial charge in [0.25, 0.3) is 0 Å². The molecule has 17 heavy (non-hydrogen) atoms. The van der Waals surface area contributed by atoms with E-state index < -0.39 is 17.6 Å². The number of hydrogen-bond donors (Lipinski definition) is 2. The van der Waals surface area contributed by atoms with Crippen molar-refractivity contribution in [2.24, 2.45) is 0 Å². The highest BCUT2D eigenvalue weighted by molar-refractivity contribution is 5.72. The van der Waals surface area contributed by atoms with Gasteiger partial charge in [-0.2, -0.15) is 18.3 Å². The number of alkyl halides is 3. The molecule has 0 saturated carbocycles. The predicted octanol–water partition coefficient (Wildman–Crippen LogP) is 2.82. The molecule has 7 heteroatoms. The maximum atomic E-state index is 13.5. The van der Waals surface area contributed by atoms with Gasteiger partial charge >= 0.3 is 6.18 Å². The fourth-order valence-electron chi connectivity index (χ4n) is 1.41. The van der Waals surface area contributed by atoms with E-state index in [-0.39, 0.29) is 16.9 Å². The predicted molar refractivity (Wildman–Crippen MR) is 53.4 cm³/mol. The topological polar surface area (TPSA) is 54.7 Å². The van der Waals surface area contributed by atoms with Crippen molar-refractivity contribution in [1.82, 2.24) is 10.2 Å². The van der Waals surface area contributed by atoms with Crippen molar-refractivity contribution in [2.75, 3.05) is 5.73 Å². The summed E-state index contributed by atoms with van der Waals surface area (Å²) in [6, 6.07) is 2.23. The summed E-state index contributed by atoms with van der Waals surface area (Å²) in [6.07, 6.45) is -3.31. The summed E-state index contributed by atoms with van der Waals surface area (Å²) in [7, 11) is 0. The molecule has 0 unspecified atom stereocenters. The Balaban J connectivity index is 2.50. The minimum Gasteiger partial charge on any atom is -0.396 e. The molecule has 1 aromatic heterocycles. The number of aromatic nitrogens is 2. The van der Waals surface area contributed by atoms with Crippen LogP contribution in [0.2, 0.25) is 0 Å². The number of nitrogen functional groups attached to an aromatic ring is 1. The van der Waals surface area contributed by atoms with E-state index in [1.54, 1.807) is 0 Å². The maximum absolute atomic E-state index is 13.5. The zero-order valence-corrected chi connectivity index (χ0v) is 8.35. The number of nitrogens with zero attached hydrogens (tertiary/aromatic N) is 1. The number of rotatable bonds is 1. The van der Waals surface area contributed by atoms with Crippen molar-refractivity contribution in [1.29, 1.82) is 0 Å². The Morgan fingerprint density at radius 3 is 2.41 bits per heavy atom. The molecule has 2 rings (SSSR count). The van der Waals surface area contributed by atoms with Crippen molar-refractivity contribution in [2.45, 2.75) is 6.18 Å². The van der Waals surface area contributed by atoms with Gasteiger partial charge in [0, 0.05) is 5.56 Å². The summed E-state index contributed by atoms with van der Waals surface area (Å²) < 4.78 is 50.4. The van der Waals surface area contributed by atoms with E-state index in [4.69, 9.17) is 5.73 Å². The summed E-state index contributed by atoms with van der Waals surface area (Å²) in [6.45, 7) is 0. The van der Waals surface area contributed by atoms with Gasteiger partial charge in [0.1, 0.15) is 5.82 Å². The van der Waals surface area contributed by atoms with Gasteiger partial charge in [-0.3, -0.25) is 5.10 Å². The summed E-state index contributed by atoms with van der Waals surface area (Å²) in [5.74, 6) is -1.00. The monoisotopic (exact) mass is 245 g/mol. The van der Waals surface area contributed by atoms with Crippen molar-refractivity contribution in [3.8, 4) is 11.3 Å². The van der Waals surface area contributed by atoms with E-state index in [0.29, 0.717) is 6.07 Å². The molecule has 0 aliphatic carbocycles. The Morgan fingerprint density at radius 1 is 1.24 bits per heavy atom. The van der Waals surface area contributed by atoms with Gasteiger partial charge < -0.3 is 5.73 Å². The van der Waals surface area contributed by atoms with E-state index in [9.17, 15) is 17.6 Å². The number of H-pyrrole nitrogens is 1. The lowest BCUT2D eigenvalue weighted by molar-refractivity contribution is -0.137. The molecule has 0 saturated heterocycles. The van der Waals surface area contributed by atoms with Crippen LogP contribution in [0.5, 0.6) is 0 Å².